The van der Waals surface area contributed by atoms with E-state index in [2.05, 4.69) is 4.98 Å². The Morgan fingerprint density at radius 3 is 2.60 bits per heavy atom. The van der Waals surface area contributed by atoms with Gasteiger partial charge in [0.15, 0.2) is 0 Å². The number of nitrogens with zero attached hydrogens (tertiary/aromatic N) is 3. The van der Waals surface area contributed by atoms with E-state index in [-0.39, 0.29) is 36.1 Å². The van der Waals surface area contributed by atoms with Crippen molar-refractivity contribution < 1.29 is 23.8 Å². The molecule has 2 heterocycles. The van der Waals surface area contributed by atoms with E-state index < -0.39 is 18.1 Å². The Morgan fingerprint density at radius 1 is 1.33 bits per heavy atom. The second-order valence-corrected chi connectivity index (χ2v) is 8.73. The molecule has 1 aromatic heterocycles. The van der Waals surface area contributed by atoms with E-state index >= 15 is 4.39 Å². The molecule has 1 saturated carbocycles. The van der Waals surface area contributed by atoms with E-state index in [1.807, 2.05) is 11.8 Å². The molecule has 0 bridgehead atoms. The minimum absolute atomic E-state index is 0.126. The molecule has 1 aromatic rings. The fourth-order valence-electron chi connectivity index (χ4n) is 4.38. The summed E-state index contributed by atoms with van der Waals surface area (Å²) < 4.78 is 20.6. The summed E-state index contributed by atoms with van der Waals surface area (Å²) in [6.45, 7) is 6.36. The van der Waals surface area contributed by atoms with E-state index in [9.17, 15) is 14.7 Å². The fraction of sp³-hybridized carbons (Fsp3) is 0.682. The number of aliphatic carboxylic acids is 1. The summed E-state index contributed by atoms with van der Waals surface area (Å²) in [4.78, 5) is 32.5. The molecule has 8 heteroatoms. The van der Waals surface area contributed by atoms with Gasteiger partial charge in [0.05, 0.1) is 11.7 Å². The van der Waals surface area contributed by atoms with Gasteiger partial charge in [0.2, 0.25) is 5.91 Å². The summed E-state index contributed by atoms with van der Waals surface area (Å²) >= 11 is 0. The van der Waals surface area contributed by atoms with Gasteiger partial charge in [-0.3, -0.25) is 14.7 Å². The van der Waals surface area contributed by atoms with Crippen LogP contribution >= 0.6 is 0 Å². The van der Waals surface area contributed by atoms with E-state index in [4.69, 9.17) is 4.74 Å². The van der Waals surface area contributed by atoms with Crippen molar-refractivity contribution in [2.45, 2.75) is 64.1 Å². The second kappa shape index (κ2) is 9.39. The monoisotopic (exact) mass is 421 g/mol. The van der Waals surface area contributed by atoms with Crippen LogP contribution in [0.1, 0.15) is 63.3 Å². The lowest BCUT2D eigenvalue weighted by Crippen LogP contribution is -2.63. The number of carbonyl (C=O) groups is 2. The molecule has 1 saturated heterocycles. The number of halogens is 1. The first kappa shape index (κ1) is 22.6. The molecule has 0 radical (unpaired) electrons. The highest BCUT2D eigenvalue weighted by atomic mass is 19.1. The number of hydrogen-bond donors (Lipinski definition) is 1. The SMILES string of the molecule is COCC[C@H](c1nccc(C2CC2)c1F)N1C[C@@H](C)N(C(=O)C(C)C)[C@@H](C(=O)O)C1. The molecule has 2 aliphatic rings. The van der Waals surface area contributed by atoms with Crippen LogP contribution in [0.15, 0.2) is 12.3 Å². The first-order chi connectivity index (χ1) is 14.3. The van der Waals surface area contributed by atoms with Crippen molar-refractivity contribution in [1.82, 2.24) is 14.8 Å². The molecule has 3 atom stereocenters. The number of methoxy groups -OCH3 is 1. The van der Waals surface area contributed by atoms with Gasteiger partial charge in [0, 0.05) is 45.0 Å². The Kier molecular flexibility index (Phi) is 7.08. The van der Waals surface area contributed by atoms with Crippen LogP contribution in [0.2, 0.25) is 0 Å². The molecule has 3 rings (SSSR count). The molecule has 0 unspecified atom stereocenters. The van der Waals surface area contributed by atoms with Crippen molar-refractivity contribution in [3.8, 4) is 0 Å². The molecule has 0 spiro atoms. The smallest absolute Gasteiger partial charge is 0.327 e. The average Bonchev–Trinajstić information content (AvgIpc) is 3.53. The Morgan fingerprint density at radius 2 is 2.03 bits per heavy atom. The van der Waals surface area contributed by atoms with Gasteiger partial charge < -0.3 is 14.7 Å². The number of piperazine rings is 1. The van der Waals surface area contributed by atoms with Gasteiger partial charge in [-0.2, -0.15) is 0 Å². The zero-order chi connectivity index (χ0) is 22.0. The standard InChI is InChI=1S/C22H32FN3O4/c1-13(2)21(27)26-14(3)11-25(12-18(26)22(28)29)17(8-10-30-4)20-19(23)16(7-9-24-20)15-5-6-15/h7,9,13-15,17-18H,5-6,8,10-12H2,1-4H3,(H,28,29)/t14-,17-,18-/m1/s1. The number of carboxylic acid groups (broad SMARTS) is 1. The molecule has 0 aromatic carbocycles. The first-order valence-corrected chi connectivity index (χ1v) is 10.7. The van der Waals surface area contributed by atoms with Crippen LogP contribution in [0.4, 0.5) is 4.39 Å². The van der Waals surface area contributed by atoms with E-state index in [1.165, 1.54) is 4.90 Å². The lowest BCUT2D eigenvalue weighted by atomic mass is 9.97. The maximum absolute atomic E-state index is 15.3. The highest BCUT2D eigenvalue weighted by Crippen LogP contribution is 2.42. The number of carbonyl (C=O) groups excluding carboxylic acids is 1. The molecule has 1 aliphatic carbocycles. The normalized spacial score (nSPS) is 23.6. The fourth-order valence-corrected chi connectivity index (χ4v) is 4.38. The van der Waals surface area contributed by atoms with Gasteiger partial charge in [0.1, 0.15) is 11.9 Å². The Balaban J connectivity index is 1.92. The number of amides is 1. The van der Waals surface area contributed by atoms with Crippen LogP contribution in [0.3, 0.4) is 0 Å². The molecular formula is C22H32FN3O4. The molecule has 2 fully saturated rings. The predicted molar refractivity (Wildman–Crippen MR) is 110 cm³/mol. The average molecular weight is 422 g/mol. The van der Waals surface area contributed by atoms with Gasteiger partial charge in [0.25, 0.3) is 0 Å². The van der Waals surface area contributed by atoms with Gasteiger partial charge in [-0.15, -0.1) is 0 Å². The van der Waals surface area contributed by atoms with Crippen molar-refractivity contribution >= 4 is 11.9 Å². The van der Waals surface area contributed by atoms with Crippen molar-refractivity contribution in [2.75, 3.05) is 26.8 Å². The number of pyridine rings is 1. The van der Waals surface area contributed by atoms with Crippen LogP contribution in [0.25, 0.3) is 0 Å². The molecule has 166 valence electrons. The number of carboxylic acids is 1. The number of aromatic nitrogens is 1. The maximum Gasteiger partial charge on any atom is 0.327 e. The van der Waals surface area contributed by atoms with Gasteiger partial charge in [-0.25, -0.2) is 9.18 Å². The minimum Gasteiger partial charge on any atom is -0.480 e. The van der Waals surface area contributed by atoms with E-state index in [0.717, 1.165) is 12.8 Å². The lowest BCUT2D eigenvalue weighted by Gasteiger charge is -2.47. The summed E-state index contributed by atoms with van der Waals surface area (Å²) in [5, 5.41) is 9.85. The summed E-state index contributed by atoms with van der Waals surface area (Å²) in [6, 6.07) is 0.0355. The van der Waals surface area contributed by atoms with E-state index in [1.54, 1.807) is 33.2 Å². The molecule has 30 heavy (non-hydrogen) atoms. The molecule has 7 nitrogen and oxygen atoms in total. The van der Waals surface area contributed by atoms with Crippen molar-refractivity contribution in [3.05, 3.63) is 29.3 Å². The summed E-state index contributed by atoms with van der Waals surface area (Å²) in [5.74, 6) is -1.56. The predicted octanol–water partition coefficient (Wildman–Crippen LogP) is 2.82. The number of ether oxygens (including phenoxy) is 1. The Hall–Kier alpha value is -2.06. The molecular weight excluding hydrogens is 389 g/mol. The van der Waals surface area contributed by atoms with Gasteiger partial charge in [-0.1, -0.05) is 13.8 Å². The van der Waals surface area contributed by atoms with Gasteiger partial charge in [-0.05, 0) is 43.7 Å². The number of rotatable bonds is 8. The summed E-state index contributed by atoms with van der Waals surface area (Å²) in [6.07, 6.45) is 4.10. The molecule has 1 amide bonds. The first-order valence-electron chi connectivity index (χ1n) is 10.7. The zero-order valence-electron chi connectivity index (χ0n) is 18.2. The van der Waals surface area contributed by atoms with Crippen LogP contribution in [-0.2, 0) is 14.3 Å². The van der Waals surface area contributed by atoms with Crippen LogP contribution in [0, 0.1) is 11.7 Å². The van der Waals surface area contributed by atoms with Crippen molar-refractivity contribution in [1.29, 1.82) is 0 Å². The van der Waals surface area contributed by atoms with Crippen molar-refractivity contribution in [2.24, 2.45) is 5.92 Å². The third-order valence-electron chi connectivity index (χ3n) is 6.07. The van der Waals surface area contributed by atoms with Crippen LogP contribution in [-0.4, -0.2) is 70.7 Å². The van der Waals surface area contributed by atoms with Crippen molar-refractivity contribution in [3.63, 3.8) is 0 Å². The second-order valence-electron chi connectivity index (χ2n) is 8.73. The topological polar surface area (TPSA) is 83.0 Å². The Labute approximate surface area is 177 Å². The third kappa shape index (κ3) is 4.64. The largest absolute Gasteiger partial charge is 0.480 e. The Bertz CT molecular complexity index is 784. The highest BCUT2D eigenvalue weighted by Gasteiger charge is 2.43. The third-order valence-corrected chi connectivity index (χ3v) is 6.07. The molecule has 1 aliphatic heterocycles. The summed E-state index contributed by atoms with van der Waals surface area (Å²) in [5.41, 5.74) is 1.04. The zero-order valence-corrected chi connectivity index (χ0v) is 18.2. The number of hydrogen-bond acceptors (Lipinski definition) is 5. The van der Waals surface area contributed by atoms with E-state index in [0.29, 0.717) is 30.8 Å². The van der Waals surface area contributed by atoms with Gasteiger partial charge >= 0.3 is 5.97 Å². The highest BCUT2D eigenvalue weighted by molar-refractivity contribution is 5.85. The van der Waals surface area contributed by atoms with Crippen LogP contribution in [0.5, 0.6) is 0 Å². The quantitative estimate of drug-likeness (QED) is 0.695. The summed E-state index contributed by atoms with van der Waals surface area (Å²) in [7, 11) is 1.59. The minimum atomic E-state index is -1.05. The van der Waals surface area contributed by atoms with Crippen LogP contribution < -0.4 is 0 Å². The maximum atomic E-state index is 15.3. The lowest BCUT2D eigenvalue weighted by molar-refractivity contribution is -0.159. The molecule has 1 N–H and O–H groups in total.